The topological polar surface area (TPSA) is 72.8 Å². The van der Waals surface area contributed by atoms with Gasteiger partial charge in [0.15, 0.2) is 0 Å². The van der Waals surface area contributed by atoms with E-state index in [9.17, 15) is 14.7 Å². The van der Waals surface area contributed by atoms with Gasteiger partial charge in [0.2, 0.25) is 0 Å². The number of ether oxygens (including phenoxy) is 2. The summed E-state index contributed by atoms with van der Waals surface area (Å²) in [5.41, 5.74) is 3.27. The molecule has 0 heterocycles. The van der Waals surface area contributed by atoms with E-state index >= 15 is 0 Å². The molecule has 0 bridgehead atoms. The van der Waals surface area contributed by atoms with Crippen LogP contribution in [0.3, 0.4) is 0 Å². The van der Waals surface area contributed by atoms with Gasteiger partial charge in [-0.15, -0.1) is 0 Å². The van der Waals surface area contributed by atoms with Gasteiger partial charge >= 0.3 is 11.9 Å². The molecule has 0 spiro atoms. The summed E-state index contributed by atoms with van der Waals surface area (Å²) in [7, 11) is 2.46. The van der Waals surface area contributed by atoms with E-state index in [0.717, 1.165) is 19.3 Å². The van der Waals surface area contributed by atoms with Gasteiger partial charge in [0.05, 0.1) is 25.3 Å². The van der Waals surface area contributed by atoms with Crippen molar-refractivity contribution in [1.29, 1.82) is 0 Å². The van der Waals surface area contributed by atoms with Crippen molar-refractivity contribution in [2.75, 3.05) is 14.2 Å². The molecular weight excluding hydrogens is 332 g/mol. The summed E-state index contributed by atoms with van der Waals surface area (Å²) in [4.78, 5) is 23.8. The molecule has 0 saturated heterocycles. The zero-order valence-electron chi connectivity index (χ0n) is 16.2. The molecule has 0 aliphatic carbocycles. The number of methoxy groups -OCH3 is 2. The molecule has 0 aliphatic heterocycles. The minimum absolute atomic E-state index is 0.00551. The molecular formula is C21H28O5. The summed E-state index contributed by atoms with van der Waals surface area (Å²) in [5, 5.41) is 10.2. The maximum Gasteiger partial charge on any atom is 0.338 e. The standard InChI is InChI=1S/C21H28O5/c1-14(2)8-6-9-15(3)10-7-11-16-12-17(20(23)25-4)18(13-19(16)22)21(24)26-5/h8,10,12-13,22H,6-7,9,11H2,1-5H3/b15-10+. The monoisotopic (exact) mass is 360 g/mol. The van der Waals surface area contributed by atoms with Crippen LogP contribution in [-0.4, -0.2) is 31.3 Å². The second kappa shape index (κ2) is 10.4. The fourth-order valence-electron chi connectivity index (χ4n) is 2.56. The molecule has 1 aromatic carbocycles. The second-order valence-electron chi connectivity index (χ2n) is 6.42. The summed E-state index contributed by atoms with van der Waals surface area (Å²) < 4.78 is 9.39. The van der Waals surface area contributed by atoms with Crippen LogP contribution >= 0.6 is 0 Å². The molecule has 142 valence electrons. The molecule has 1 N–H and O–H groups in total. The Balaban J connectivity index is 2.91. The van der Waals surface area contributed by atoms with Crippen LogP contribution in [0.2, 0.25) is 0 Å². The molecule has 0 unspecified atom stereocenters. The van der Waals surface area contributed by atoms with Crippen LogP contribution in [0.4, 0.5) is 0 Å². The number of carbonyl (C=O) groups excluding carboxylic acids is 2. The van der Waals surface area contributed by atoms with Crippen molar-refractivity contribution >= 4 is 11.9 Å². The molecule has 1 rings (SSSR count). The predicted molar refractivity (Wildman–Crippen MR) is 102 cm³/mol. The first-order chi connectivity index (χ1) is 12.3. The number of phenols is 1. The van der Waals surface area contributed by atoms with Crippen molar-refractivity contribution < 1.29 is 24.2 Å². The summed E-state index contributed by atoms with van der Waals surface area (Å²) in [6.07, 6.45) is 7.62. The van der Waals surface area contributed by atoms with E-state index < -0.39 is 11.9 Å². The largest absolute Gasteiger partial charge is 0.508 e. The Kier molecular flexibility index (Phi) is 8.62. The molecule has 5 heteroatoms. The Labute approximate surface area is 155 Å². The first kappa shape index (κ1) is 21.5. The maximum atomic E-state index is 11.9. The average molecular weight is 360 g/mol. The molecule has 0 aromatic heterocycles. The highest BCUT2D eigenvalue weighted by Crippen LogP contribution is 2.26. The van der Waals surface area contributed by atoms with Gasteiger partial charge in [0.25, 0.3) is 0 Å². The molecule has 1 aromatic rings. The van der Waals surface area contributed by atoms with Gasteiger partial charge in [0, 0.05) is 0 Å². The number of carbonyl (C=O) groups is 2. The van der Waals surface area contributed by atoms with Crippen molar-refractivity contribution in [3.05, 3.63) is 52.1 Å². The summed E-state index contributed by atoms with van der Waals surface area (Å²) in [6.45, 7) is 6.25. The van der Waals surface area contributed by atoms with E-state index in [-0.39, 0.29) is 16.9 Å². The zero-order chi connectivity index (χ0) is 19.7. The lowest BCUT2D eigenvalue weighted by molar-refractivity contribution is 0.0555. The molecule has 5 nitrogen and oxygen atoms in total. The van der Waals surface area contributed by atoms with E-state index in [4.69, 9.17) is 4.74 Å². The highest BCUT2D eigenvalue weighted by Gasteiger charge is 2.21. The number of hydrogen-bond acceptors (Lipinski definition) is 5. The normalized spacial score (nSPS) is 11.0. The van der Waals surface area contributed by atoms with Crippen molar-refractivity contribution in [2.45, 2.75) is 46.5 Å². The molecule has 0 amide bonds. The van der Waals surface area contributed by atoms with E-state index in [1.54, 1.807) is 0 Å². The number of aromatic hydroxyl groups is 1. The van der Waals surface area contributed by atoms with Crippen LogP contribution in [0.15, 0.2) is 35.4 Å². The van der Waals surface area contributed by atoms with Crippen LogP contribution in [-0.2, 0) is 15.9 Å². The zero-order valence-corrected chi connectivity index (χ0v) is 16.2. The van der Waals surface area contributed by atoms with Crippen LogP contribution < -0.4 is 0 Å². The number of phenolic OH excluding ortho intramolecular Hbond substituents is 1. The lowest BCUT2D eigenvalue weighted by Gasteiger charge is -2.11. The van der Waals surface area contributed by atoms with Gasteiger partial charge in [0.1, 0.15) is 5.75 Å². The molecule has 0 atom stereocenters. The minimum Gasteiger partial charge on any atom is -0.508 e. The average Bonchev–Trinajstić information content (AvgIpc) is 2.61. The van der Waals surface area contributed by atoms with Gasteiger partial charge in [-0.25, -0.2) is 9.59 Å². The van der Waals surface area contributed by atoms with Crippen molar-refractivity contribution in [3.8, 4) is 5.75 Å². The number of benzene rings is 1. The quantitative estimate of drug-likeness (QED) is 0.542. The van der Waals surface area contributed by atoms with Gasteiger partial charge in [-0.2, -0.15) is 0 Å². The first-order valence-electron chi connectivity index (χ1n) is 8.61. The van der Waals surface area contributed by atoms with Gasteiger partial charge in [-0.1, -0.05) is 23.3 Å². The first-order valence-corrected chi connectivity index (χ1v) is 8.61. The van der Waals surface area contributed by atoms with E-state index in [1.807, 2.05) is 0 Å². The number of hydrogen-bond donors (Lipinski definition) is 1. The van der Waals surface area contributed by atoms with Crippen LogP contribution in [0.1, 0.15) is 66.3 Å². The van der Waals surface area contributed by atoms with Crippen molar-refractivity contribution in [1.82, 2.24) is 0 Å². The minimum atomic E-state index is -0.692. The van der Waals surface area contributed by atoms with E-state index in [0.29, 0.717) is 12.0 Å². The number of esters is 2. The fourth-order valence-corrected chi connectivity index (χ4v) is 2.56. The summed E-state index contributed by atoms with van der Waals surface area (Å²) >= 11 is 0. The van der Waals surface area contributed by atoms with Crippen LogP contribution in [0.5, 0.6) is 5.75 Å². The Morgan fingerprint density at radius 1 is 0.962 bits per heavy atom. The molecule has 26 heavy (non-hydrogen) atoms. The molecule has 0 aliphatic rings. The number of allylic oxidation sites excluding steroid dienone is 4. The van der Waals surface area contributed by atoms with Gasteiger partial charge in [-0.3, -0.25) is 0 Å². The lowest BCUT2D eigenvalue weighted by Crippen LogP contribution is -2.12. The Hall–Kier alpha value is -2.56. The van der Waals surface area contributed by atoms with E-state index in [2.05, 4.69) is 37.7 Å². The molecule has 0 radical (unpaired) electrons. The predicted octanol–water partition coefficient (Wildman–Crippen LogP) is 4.59. The fraction of sp³-hybridized carbons (Fsp3) is 0.429. The van der Waals surface area contributed by atoms with Gasteiger partial charge in [-0.05, 0) is 64.2 Å². The lowest BCUT2D eigenvalue weighted by atomic mass is 9.99. The van der Waals surface area contributed by atoms with Gasteiger partial charge < -0.3 is 14.6 Å². The smallest absolute Gasteiger partial charge is 0.338 e. The van der Waals surface area contributed by atoms with Crippen LogP contribution in [0, 0.1) is 0 Å². The SMILES string of the molecule is COC(=O)c1cc(O)c(CC/C=C(\C)CCC=C(C)C)cc1C(=O)OC. The van der Waals surface area contributed by atoms with Crippen molar-refractivity contribution in [3.63, 3.8) is 0 Å². The highest BCUT2D eigenvalue weighted by atomic mass is 16.5. The highest BCUT2D eigenvalue weighted by molar-refractivity contribution is 6.03. The Morgan fingerprint density at radius 3 is 2.08 bits per heavy atom. The third-order valence-electron chi connectivity index (χ3n) is 4.03. The third-order valence-corrected chi connectivity index (χ3v) is 4.03. The van der Waals surface area contributed by atoms with Crippen molar-refractivity contribution in [2.24, 2.45) is 0 Å². The third kappa shape index (κ3) is 6.39. The Morgan fingerprint density at radius 2 is 1.54 bits per heavy atom. The maximum absolute atomic E-state index is 11.9. The van der Waals surface area contributed by atoms with Crippen LogP contribution in [0.25, 0.3) is 0 Å². The number of aryl methyl sites for hydroxylation is 1. The Bertz CT molecular complexity index is 709. The summed E-state index contributed by atoms with van der Waals surface area (Å²) in [5.74, 6) is -1.36. The summed E-state index contributed by atoms with van der Waals surface area (Å²) in [6, 6.07) is 2.76. The molecule has 0 fully saturated rings. The molecule has 0 saturated carbocycles. The van der Waals surface area contributed by atoms with E-state index in [1.165, 1.54) is 37.5 Å². The second-order valence-corrected chi connectivity index (χ2v) is 6.42. The number of rotatable bonds is 8.